The highest BCUT2D eigenvalue weighted by atomic mass is 19.2. The van der Waals surface area contributed by atoms with E-state index in [0.717, 1.165) is 34.5 Å². The van der Waals surface area contributed by atoms with Gasteiger partial charge in [0.25, 0.3) is 11.5 Å². The van der Waals surface area contributed by atoms with E-state index in [1.54, 1.807) is 4.90 Å². The maximum atomic E-state index is 13.3. The molecule has 1 aromatic heterocycles. The number of halogens is 2. The first-order valence-electron chi connectivity index (χ1n) is 10.1. The maximum Gasteiger partial charge on any atom is 0.278 e. The molecule has 1 N–H and O–H groups in total. The van der Waals surface area contributed by atoms with Crippen LogP contribution in [0.2, 0.25) is 0 Å². The molecule has 7 nitrogen and oxygen atoms in total. The van der Waals surface area contributed by atoms with Crippen LogP contribution < -0.4 is 15.8 Å². The fraction of sp³-hybridized carbons (Fsp3) is 0.217. The van der Waals surface area contributed by atoms with Gasteiger partial charge in [0, 0.05) is 36.0 Å². The summed E-state index contributed by atoms with van der Waals surface area (Å²) in [6.07, 6.45) is 0.582. The van der Waals surface area contributed by atoms with E-state index in [1.807, 2.05) is 31.2 Å². The average molecular weight is 438 g/mol. The lowest BCUT2D eigenvalue weighted by molar-refractivity contribution is -0.116. The Labute approximate surface area is 182 Å². The number of rotatable bonds is 5. The molecular weight excluding hydrogens is 418 g/mol. The van der Waals surface area contributed by atoms with Gasteiger partial charge in [0.2, 0.25) is 5.91 Å². The van der Waals surface area contributed by atoms with Crippen LogP contribution >= 0.6 is 0 Å². The summed E-state index contributed by atoms with van der Waals surface area (Å²) >= 11 is 0. The molecule has 1 atom stereocenters. The van der Waals surface area contributed by atoms with Crippen molar-refractivity contribution in [1.29, 1.82) is 0 Å². The first-order chi connectivity index (χ1) is 15.3. The fourth-order valence-electron chi connectivity index (χ4n) is 3.73. The molecule has 2 heterocycles. The monoisotopic (exact) mass is 438 g/mol. The largest absolute Gasteiger partial charge is 0.326 e. The summed E-state index contributed by atoms with van der Waals surface area (Å²) < 4.78 is 27.3. The molecule has 4 rings (SSSR count). The van der Waals surface area contributed by atoms with E-state index < -0.39 is 23.1 Å². The second kappa shape index (κ2) is 8.70. The average Bonchev–Trinajstić information content (AvgIpc) is 3.11. The predicted octanol–water partition coefficient (Wildman–Crippen LogP) is 3.14. The number of para-hydroxylation sites is 1. The van der Waals surface area contributed by atoms with Crippen LogP contribution in [0.15, 0.2) is 59.4 Å². The van der Waals surface area contributed by atoms with Crippen LogP contribution in [0.5, 0.6) is 0 Å². The Bertz CT molecular complexity index is 1260. The summed E-state index contributed by atoms with van der Waals surface area (Å²) in [5.41, 5.74) is 1.61. The third-order valence-electron chi connectivity index (χ3n) is 5.27. The SMILES string of the molecule is CC1Cc2ccccc2N1C(=O)c1ccc(=O)n(CCC(=O)Nc2ccc(F)c(F)c2)n1. The van der Waals surface area contributed by atoms with Gasteiger partial charge >= 0.3 is 0 Å². The number of nitrogens with one attached hydrogen (secondary N) is 1. The van der Waals surface area contributed by atoms with Gasteiger partial charge in [-0.15, -0.1) is 0 Å². The number of anilines is 2. The minimum Gasteiger partial charge on any atom is -0.326 e. The van der Waals surface area contributed by atoms with Gasteiger partial charge in [-0.05, 0) is 43.2 Å². The summed E-state index contributed by atoms with van der Waals surface area (Å²) in [6.45, 7) is 1.86. The van der Waals surface area contributed by atoms with Crippen LogP contribution in [0.1, 0.15) is 29.4 Å². The summed E-state index contributed by atoms with van der Waals surface area (Å²) in [6, 6.07) is 13.2. The minimum atomic E-state index is -1.08. The van der Waals surface area contributed by atoms with Crippen molar-refractivity contribution in [2.24, 2.45) is 0 Å². The lowest BCUT2D eigenvalue weighted by atomic mass is 10.1. The van der Waals surface area contributed by atoms with Gasteiger partial charge in [-0.1, -0.05) is 18.2 Å². The van der Waals surface area contributed by atoms with Gasteiger partial charge in [-0.3, -0.25) is 14.4 Å². The van der Waals surface area contributed by atoms with Gasteiger partial charge in [0.05, 0.1) is 6.54 Å². The Kier molecular flexibility index (Phi) is 5.81. The van der Waals surface area contributed by atoms with Crippen molar-refractivity contribution in [3.63, 3.8) is 0 Å². The third-order valence-corrected chi connectivity index (χ3v) is 5.27. The molecule has 1 aliphatic rings. The molecule has 1 aliphatic heterocycles. The highest BCUT2D eigenvalue weighted by molar-refractivity contribution is 6.06. The van der Waals surface area contributed by atoms with Gasteiger partial charge in [0.1, 0.15) is 5.69 Å². The molecule has 0 spiro atoms. The van der Waals surface area contributed by atoms with Crippen molar-refractivity contribution >= 4 is 23.2 Å². The molecule has 164 valence electrons. The highest BCUT2D eigenvalue weighted by Gasteiger charge is 2.32. The van der Waals surface area contributed by atoms with Crippen molar-refractivity contribution in [3.8, 4) is 0 Å². The second-order valence-corrected chi connectivity index (χ2v) is 7.56. The van der Waals surface area contributed by atoms with Crippen LogP contribution in [0.25, 0.3) is 0 Å². The van der Waals surface area contributed by atoms with E-state index >= 15 is 0 Å². The molecule has 3 aromatic rings. The lowest BCUT2D eigenvalue weighted by Gasteiger charge is -2.22. The Morgan fingerprint density at radius 3 is 2.66 bits per heavy atom. The van der Waals surface area contributed by atoms with E-state index in [1.165, 1.54) is 18.2 Å². The van der Waals surface area contributed by atoms with Crippen molar-refractivity contribution in [3.05, 3.63) is 87.8 Å². The van der Waals surface area contributed by atoms with Gasteiger partial charge in [-0.25, -0.2) is 13.5 Å². The van der Waals surface area contributed by atoms with E-state index in [2.05, 4.69) is 10.4 Å². The molecule has 0 aliphatic carbocycles. The Balaban J connectivity index is 1.47. The van der Waals surface area contributed by atoms with Gasteiger partial charge in [0.15, 0.2) is 11.6 Å². The molecule has 0 saturated carbocycles. The Hall–Kier alpha value is -3.88. The standard InChI is InChI=1S/C23H20F2N4O3/c1-14-12-15-4-2-3-5-20(15)29(14)23(32)19-8-9-22(31)28(27-19)11-10-21(30)26-16-6-7-17(24)18(25)13-16/h2-9,13-14H,10-12H2,1H3,(H,26,30). The quantitative estimate of drug-likeness (QED) is 0.663. The zero-order valence-corrected chi connectivity index (χ0v) is 17.2. The topological polar surface area (TPSA) is 84.3 Å². The lowest BCUT2D eigenvalue weighted by Crippen LogP contribution is -2.37. The fourth-order valence-corrected chi connectivity index (χ4v) is 3.73. The minimum absolute atomic E-state index is 0.0519. The normalized spacial score (nSPS) is 14.8. The smallest absolute Gasteiger partial charge is 0.278 e. The second-order valence-electron chi connectivity index (χ2n) is 7.56. The van der Waals surface area contributed by atoms with E-state index in [0.29, 0.717) is 0 Å². The molecule has 0 saturated heterocycles. The summed E-state index contributed by atoms with van der Waals surface area (Å²) in [7, 11) is 0. The molecule has 0 bridgehead atoms. The summed E-state index contributed by atoms with van der Waals surface area (Å²) in [4.78, 5) is 39.1. The Morgan fingerprint density at radius 2 is 1.88 bits per heavy atom. The highest BCUT2D eigenvalue weighted by Crippen LogP contribution is 2.32. The molecule has 0 radical (unpaired) electrons. The number of aryl methyl sites for hydroxylation is 1. The number of amides is 2. The first-order valence-corrected chi connectivity index (χ1v) is 10.1. The van der Waals surface area contributed by atoms with Crippen LogP contribution in [-0.4, -0.2) is 27.6 Å². The van der Waals surface area contributed by atoms with Crippen molar-refractivity contribution < 1.29 is 18.4 Å². The molecule has 9 heteroatoms. The molecule has 32 heavy (non-hydrogen) atoms. The first kappa shape index (κ1) is 21.4. The predicted molar refractivity (Wildman–Crippen MR) is 115 cm³/mol. The molecule has 0 fully saturated rings. The number of hydrogen-bond acceptors (Lipinski definition) is 4. The number of benzene rings is 2. The zero-order valence-electron chi connectivity index (χ0n) is 17.2. The van der Waals surface area contributed by atoms with E-state index in [-0.39, 0.29) is 36.3 Å². The van der Waals surface area contributed by atoms with Crippen LogP contribution in [0.3, 0.4) is 0 Å². The van der Waals surface area contributed by atoms with E-state index in [4.69, 9.17) is 0 Å². The molecule has 2 amide bonds. The number of nitrogens with zero attached hydrogens (tertiary/aromatic N) is 3. The summed E-state index contributed by atoms with van der Waals surface area (Å²) in [5.74, 6) is -2.94. The number of hydrogen-bond donors (Lipinski definition) is 1. The number of fused-ring (bicyclic) bond motifs is 1. The van der Waals surface area contributed by atoms with E-state index in [9.17, 15) is 23.2 Å². The number of aromatic nitrogens is 2. The van der Waals surface area contributed by atoms with Crippen molar-refractivity contribution in [2.45, 2.75) is 32.4 Å². The maximum absolute atomic E-state index is 13.3. The van der Waals surface area contributed by atoms with Crippen LogP contribution in [0, 0.1) is 11.6 Å². The van der Waals surface area contributed by atoms with Crippen molar-refractivity contribution in [2.75, 3.05) is 10.2 Å². The molecule has 2 aromatic carbocycles. The van der Waals surface area contributed by atoms with Gasteiger partial charge in [-0.2, -0.15) is 5.10 Å². The van der Waals surface area contributed by atoms with Crippen molar-refractivity contribution in [1.82, 2.24) is 9.78 Å². The number of carbonyl (C=O) groups is 2. The summed E-state index contributed by atoms with van der Waals surface area (Å²) in [5, 5.41) is 6.59. The molecular formula is C23H20F2N4O3. The third kappa shape index (κ3) is 4.27. The number of carbonyl (C=O) groups excluding carboxylic acids is 2. The zero-order chi connectivity index (χ0) is 22.8. The molecule has 1 unspecified atom stereocenters. The van der Waals surface area contributed by atoms with Crippen LogP contribution in [-0.2, 0) is 17.8 Å². The van der Waals surface area contributed by atoms with Crippen LogP contribution in [0.4, 0.5) is 20.2 Å². The Morgan fingerprint density at radius 1 is 1.09 bits per heavy atom. The van der Waals surface area contributed by atoms with Gasteiger partial charge < -0.3 is 10.2 Å².